The van der Waals surface area contributed by atoms with Crippen LogP contribution in [0.15, 0.2) is 42.5 Å². The molecule has 1 fully saturated rings. The minimum absolute atomic E-state index is 0.194. The Hall–Kier alpha value is -1.34. The van der Waals surface area contributed by atoms with Crippen LogP contribution in [0.3, 0.4) is 0 Å². The van der Waals surface area contributed by atoms with Crippen LogP contribution in [0.5, 0.6) is 0 Å². The second kappa shape index (κ2) is 5.11. The quantitative estimate of drug-likeness (QED) is 0.843. The van der Waals surface area contributed by atoms with Gasteiger partial charge in [-0.3, -0.25) is 0 Å². The number of nitrogens with two attached hydrogens (primary N) is 1. The summed E-state index contributed by atoms with van der Waals surface area (Å²) in [4.78, 5) is 0. The highest BCUT2D eigenvalue weighted by molar-refractivity contribution is 5.86. The fraction of sp³-hybridized carbons (Fsp3) is 0.412. The van der Waals surface area contributed by atoms with E-state index in [2.05, 4.69) is 42.5 Å². The largest absolute Gasteiger partial charge is 0.324 e. The van der Waals surface area contributed by atoms with Crippen LogP contribution in [0.1, 0.15) is 43.7 Å². The summed E-state index contributed by atoms with van der Waals surface area (Å²) in [6.07, 6.45) is 6.69. The maximum Gasteiger partial charge on any atom is 0.0303 e. The van der Waals surface area contributed by atoms with Gasteiger partial charge in [0.25, 0.3) is 0 Å². The van der Waals surface area contributed by atoms with Gasteiger partial charge < -0.3 is 5.73 Å². The average Bonchev–Trinajstić information content (AvgIpc) is 2.91. The van der Waals surface area contributed by atoms with Crippen molar-refractivity contribution in [1.29, 1.82) is 0 Å². The summed E-state index contributed by atoms with van der Waals surface area (Å²) in [6, 6.07) is 15.2. The van der Waals surface area contributed by atoms with Gasteiger partial charge in [-0.15, -0.1) is 0 Å². The highest BCUT2D eigenvalue weighted by atomic mass is 14.6. The van der Waals surface area contributed by atoms with E-state index in [9.17, 15) is 0 Å². The van der Waals surface area contributed by atoms with Crippen LogP contribution >= 0.6 is 0 Å². The van der Waals surface area contributed by atoms with E-state index >= 15 is 0 Å². The van der Waals surface area contributed by atoms with Gasteiger partial charge in [-0.1, -0.05) is 68.1 Å². The summed E-state index contributed by atoms with van der Waals surface area (Å²) in [7, 11) is 0. The predicted molar refractivity (Wildman–Crippen MR) is 77.5 cm³/mol. The molecule has 1 aliphatic carbocycles. The molecule has 0 saturated heterocycles. The van der Waals surface area contributed by atoms with Crippen LogP contribution in [-0.2, 0) is 0 Å². The molecule has 0 spiro atoms. The monoisotopic (exact) mass is 239 g/mol. The van der Waals surface area contributed by atoms with Crippen molar-refractivity contribution in [3.8, 4) is 0 Å². The lowest BCUT2D eigenvalue weighted by atomic mass is 9.91. The van der Waals surface area contributed by atoms with Crippen LogP contribution in [-0.4, -0.2) is 0 Å². The third-order valence-corrected chi connectivity index (χ3v) is 4.28. The first kappa shape index (κ1) is 11.7. The SMILES string of the molecule is NC(CC1CCCC1)c1cccc2ccccc12. The second-order valence-corrected chi connectivity index (χ2v) is 5.56. The molecule has 1 heteroatoms. The molecule has 18 heavy (non-hydrogen) atoms. The Morgan fingerprint density at radius 3 is 2.56 bits per heavy atom. The third-order valence-electron chi connectivity index (χ3n) is 4.28. The van der Waals surface area contributed by atoms with Gasteiger partial charge in [0.1, 0.15) is 0 Å². The molecular formula is C17H21N. The normalized spacial score (nSPS) is 18.3. The molecule has 2 aromatic carbocycles. The topological polar surface area (TPSA) is 26.0 Å². The van der Waals surface area contributed by atoms with Crippen molar-refractivity contribution < 1.29 is 0 Å². The summed E-state index contributed by atoms with van der Waals surface area (Å²) in [5, 5.41) is 2.63. The molecule has 0 heterocycles. The van der Waals surface area contributed by atoms with Gasteiger partial charge in [0.2, 0.25) is 0 Å². The first-order valence-electron chi connectivity index (χ1n) is 7.08. The number of benzene rings is 2. The molecule has 1 nitrogen and oxygen atoms in total. The lowest BCUT2D eigenvalue weighted by Crippen LogP contribution is -2.14. The van der Waals surface area contributed by atoms with Gasteiger partial charge in [-0.2, -0.15) is 0 Å². The lowest BCUT2D eigenvalue weighted by molar-refractivity contribution is 0.452. The molecule has 1 saturated carbocycles. The van der Waals surface area contributed by atoms with Crippen molar-refractivity contribution in [1.82, 2.24) is 0 Å². The minimum atomic E-state index is 0.194. The van der Waals surface area contributed by atoms with Crippen molar-refractivity contribution in [2.24, 2.45) is 11.7 Å². The molecular weight excluding hydrogens is 218 g/mol. The third kappa shape index (κ3) is 2.28. The Labute approximate surface area is 109 Å². The smallest absolute Gasteiger partial charge is 0.0303 e. The van der Waals surface area contributed by atoms with Gasteiger partial charge in [0.05, 0.1) is 0 Å². The molecule has 2 aromatic rings. The van der Waals surface area contributed by atoms with Gasteiger partial charge in [-0.05, 0) is 28.7 Å². The molecule has 0 bridgehead atoms. The Morgan fingerprint density at radius 1 is 1.00 bits per heavy atom. The van der Waals surface area contributed by atoms with Crippen LogP contribution in [0.25, 0.3) is 10.8 Å². The zero-order valence-electron chi connectivity index (χ0n) is 10.8. The summed E-state index contributed by atoms with van der Waals surface area (Å²) < 4.78 is 0. The maximum absolute atomic E-state index is 6.44. The van der Waals surface area contributed by atoms with E-state index in [-0.39, 0.29) is 6.04 Å². The van der Waals surface area contributed by atoms with Crippen LogP contribution < -0.4 is 5.73 Å². The maximum atomic E-state index is 6.44. The molecule has 1 unspecified atom stereocenters. The van der Waals surface area contributed by atoms with E-state index in [0.717, 1.165) is 12.3 Å². The van der Waals surface area contributed by atoms with Gasteiger partial charge in [0.15, 0.2) is 0 Å². The Kier molecular flexibility index (Phi) is 3.33. The average molecular weight is 239 g/mol. The molecule has 0 amide bonds. The first-order chi connectivity index (χ1) is 8.84. The van der Waals surface area contributed by atoms with Crippen LogP contribution in [0, 0.1) is 5.92 Å². The van der Waals surface area contributed by atoms with E-state index in [1.165, 1.54) is 42.0 Å². The zero-order valence-corrected chi connectivity index (χ0v) is 10.8. The summed E-state index contributed by atoms with van der Waals surface area (Å²) in [5.74, 6) is 0.846. The predicted octanol–water partition coefficient (Wildman–Crippen LogP) is 4.42. The number of hydrogen-bond acceptors (Lipinski definition) is 1. The molecule has 2 N–H and O–H groups in total. The summed E-state index contributed by atoms with van der Waals surface area (Å²) in [6.45, 7) is 0. The number of rotatable bonds is 3. The minimum Gasteiger partial charge on any atom is -0.324 e. The first-order valence-corrected chi connectivity index (χ1v) is 7.08. The molecule has 0 aliphatic heterocycles. The van der Waals surface area contributed by atoms with Crippen LogP contribution in [0.2, 0.25) is 0 Å². The molecule has 0 radical (unpaired) electrons. The fourth-order valence-corrected chi connectivity index (χ4v) is 3.31. The zero-order chi connectivity index (χ0) is 12.4. The molecule has 94 valence electrons. The lowest BCUT2D eigenvalue weighted by Gasteiger charge is -2.18. The van der Waals surface area contributed by atoms with Gasteiger partial charge in [0, 0.05) is 6.04 Å². The number of hydrogen-bond donors (Lipinski definition) is 1. The number of fused-ring (bicyclic) bond motifs is 1. The van der Waals surface area contributed by atoms with E-state index in [1.807, 2.05) is 0 Å². The van der Waals surface area contributed by atoms with Crippen molar-refractivity contribution in [3.63, 3.8) is 0 Å². The molecule has 3 rings (SSSR count). The van der Waals surface area contributed by atoms with Crippen molar-refractivity contribution in [3.05, 3.63) is 48.0 Å². The summed E-state index contributed by atoms with van der Waals surface area (Å²) in [5.41, 5.74) is 7.76. The summed E-state index contributed by atoms with van der Waals surface area (Å²) >= 11 is 0. The fourth-order valence-electron chi connectivity index (χ4n) is 3.31. The Bertz CT molecular complexity index is 521. The highest BCUT2D eigenvalue weighted by Crippen LogP contribution is 2.33. The van der Waals surface area contributed by atoms with E-state index in [1.54, 1.807) is 0 Å². The molecule has 1 atom stereocenters. The van der Waals surface area contributed by atoms with E-state index < -0.39 is 0 Å². The van der Waals surface area contributed by atoms with Gasteiger partial charge in [-0.25, -0.2) is 0 Å². The van der Waals surface area contributed by atoms with Crippen LogP contribution in [0.4, 0.5) is 0 Å². The standard InChI is InChI=1S/C17H21N/c18-17(12-13-6-1-2-7-13)16-11-5-9-14-8-3-4-10-15(14)16/h3-5,8-11,13,17H,1-2,6-7,12,18H2. The molecule has 1 aliphatic rings. The Balaban J connectivity index is 1.88. The Morgan fingerprint density at radius 2 is 1.72 bits per heavy atom. The van der Waals surface area contributed by atoms with E-state index in [4.69, 9.17) is 5.73 Å². The second-order valence-electron chi connectivity index (χ2n) is 5.56. The van der Waals surface area contributed by atoms with Crippen molar-refractivity contribution in [2.75, 3.05) is 0 Å². The molecule has 0 aromatic heterocycles. The van der Waals surface area contributed by atoms with Gasteiger partial charge >= 0.3 is 0 Å². The van der Waals surface area contributed by atoms with Crippen molar-refractivity contribution >= 4 is 10.8 Å². The van der Waals surface area contributed by atoms with Crippen molar-refractivity contribution in [2.45, 2.75) is 38.1 Å². The highest BCUT2D eigenvalue weighted by Gasteiger charge is 2.19. The van der Waals surface area contributed by atoms with E-state index in [0.29, 0.717) is 0 Å².